The first-order valence-corrected chi connectivity index (χ1v) is 17.1. The number of nitrogens with zero attached hydrogens (tertiary/aromatic N) is 2. The van der Waals surface area contributed by atoms with E-state index in [0.29, 0.717) is 43.3 Å². The standard InChI is InChI=1S/C35H40N2O8S.ClH/c1-24-22-37(25(2)21-36(24)16-18-43-23-34(39)40)17-19-44-29-8-10-30(11-9-29)45-35-32(14-6-27-20-28(38)7-15-33(27)35)26-4-12-31(13-5-26)46(3,41)42;/h4-15,20,24-25,38H,16-19,21-23H2,1-3H3,(H,39,40);1H/t24-,25+;/m0./s1. The summed E-state index contributed by atoms with van der Waals surface area (Å²) < 4.78 is 41.7. The molecule has 1 aliphatic rings. The molecule has 0 aliphatic carbocycles. The average molecular weight is 685 g/mol. The van der Waals surface area contributed by atoms with Gasteiger partial charge in [-0.1, -0.05) is 18.2 Å². The van der Waals surface area contributed by atoms with Gasteiger partial charge in [-0.15, -0.1) is 12.4 Å². The van der Waals surface area contributed by atoms with Crippen molar-refractivity contribution in [3.63, 3.8) is 0 Å². The molecule has 0 bridgehead atoms. The van der Waals surface area contributed by atoms with Gasteiger partial charge in [0.25, 0.3) is 0 Å². The number of piperazine rings is 1. The molecular formula is C35H41ClN2O8S. The van der Waals surface area contributed by atoms with E-state index in [1.807, 2.05) is 36.4 Å². The fourth-order valence-corrected chi connectivity index (χ4v) is 6.37. The topological polar surface area (TPSA) is 126 Å². The second kappa shape index (κ2) is 15.8. The number of sulfone groups is 1. The summed E-state index contributed by atoms with van der Waals surface area (Å²) in [7, 11) is -3.33. The molecular weight excluding hydrogens is 644 g/mol. The third-order valence-electron chi connectivity index (χ3n) is 8.23. The summed E-state index contributed by atoms with van der Waals surface area (Å²) in [6, 6.07) is 23.7. The third-order valence-corrected chi connectivity index (χ3v) is 9.36. The van der Waals surface area contributed by atoms with E-state index in [9.17, 15) is 18.3 Å². The molecule has 0 amide bonds. The van der Waals surface area contributed by atoms with Crippen molar-refractivity contribution >= 4 is 39.0 Å². The van der Waals surface area contributed by atoms with Crippen LogP contribution in [0.25, 0.3) is 21.9 Å². The van der Waals surface area contributed by atoms with Crippen LogP contribution in [0.5, 0.6) is 23.0 Å². The minimum atomic E-state index is -3.33. The van der Waals surface area contributed by atoms with Crippen molar-refractivity contribution in [1.29, 1.82) is 0 Å². The Hall–Kier alpha value is -3.87. The fourth-order valence-electron chi connectivity index (χ4n) is 5.74. The molecule has 10 nitrogen and oxygen atoms in total. The summed E-state index contributed by atoms with van der Waals surface area (Å²) in [4.78, 5) is 15.6. The van der Waals surface area contributed by atoms with Crippen LogP contribution < -0.4 is 9.47 Å². The van der Waals surface area contributed by atoms with Gasteiger partial charge in [0.1, 0.15) is 36.2 Å². The van der Waals surface area contributed by atoms with E-state index in [4.69, 9.17) is 19.3 Å². The van der Waals surface area contributed by atoms with Gasteiger partial charge in [0.15, 0.2) is 9.84 Å². The lowest BCUT2D eigenvalue weighted by atomic mass is 9.99. The quantitative estimate of drug-likeness (QED) is 0.169. The molecule has 47 heavy (non-hydrogen) atoms. The highest BCUT2D eigenvalue weighted by Gasteiger charge is 2.28. The number of hydrogen-bond donors (Lipinski definition) is 2. The maximum atomic E-state index is 12.0. The molecule has 2 N–H and O–H groups in total. The molecule has 1 saturated heterocycles. The minimum absolute atomic E-state index is 0. The number of aliphatic carboxylic acids is 1. The Morgan fingerprint density at radius 2 is 1.47 bits per heavy atom. The predicted molar refractivity (Wildman–Crippen MR) is 184 cm³/mol. The van der Waals surface area contributed by atoms with E-state index in [1.54, 1.807) is 42.5 Å². The molecule has 1 heterocycles. The number of halogens is 1. The number of fused-ring (bicyclic) bond motifs is 1. The first kappa shape index (κ1) is 36.0. The largest absolute Gasteiger partial charge is 0.508 e. The number of carboxylic acids is 1. The Kier molecular flexibility index (Phi) is 12.1. The highest BCUT2D eigenvalue weighted by molar-refractivity contribution is 7.90. The van der Waals surface area contributed by atoms with Gasteiger partial charge >= 0.3 is 5.97 Å². The lowest BCUT2D eigenvalue weighted by Crippen LogP contribution is -2.57. The molecule has 252 valence electrons. The van der Waals surface area contributed by atoms with Crippen molar-refractivity contribution < 1.29 is 37.6 Å². The van der Waals surface area contributed by atoms with Gasteiger partial charge in [0, 0.05) is 55.5 Å². The van der Waals surface area contributed by atoms with Gasteiger partial charge in [-0.3, -0.25) is 9.80 Å². The van der Waals surface area contributed by atoms with E-state index >= 15 is 0 Å². The lowest BCUT2D eigenvalue weighted by Gasteiger charge is -2.44. The van der Waals surface area contributed by atoms with Crippen LogP contribution >= 0.6 is 12.4 Å². The monoisotopic (exact) mass is 684 g/mol. The van der Waals surface area contributed by atoms with Gasteiger partial charge in [-0.25, -0.2) is 13.2 Å². The van der Waals surface area contributed by atoms with Gasteiger partial charge in [0.2, 0.25) is 0 Å². The molecule has 0 unspecified atom stereocenters. The van der Waals surface area contributed by atoms with Crippen LogP contribution in [0.2, 0.25) is 0 Å². The maximum absolute atomic E-state index is 12.0. The molecule has 1 fully saturated rings. The highest BCUT2D eigenvalue weighted by Crippen LogP contribution is 2.41. The number of benzene rings is 4. The normalized spacial score (nSPS) is 17.3. The van der Waals surface area contributed by atoms with Crippen molar-refractivity contribution in [1.82, 2.24) is 9.80 Å². The number of rotatable bonds is 13. The molecule has 2 atom stereocenters. The van der Waals surface area contributed by atoms with Crippen LogP contribution in [0.3, 0.4) is 0 Å². The Balaban J connectivity index is 0.00000500. The number of aromatic hydroxyl groups is 1. The Morgan fingerprint density at radius 1 is 0.851 bits per heavy atom. The molecule has 0 spiro atoms. The van der Waals surface area contributed by atoms with Gasteiger partial charge < -0.3 is 24.4 Å². The zero-order chi connectivity index (χ0) is 32.8. The molecule has 4 aromatic carbocycles. The molecule has 0 saturated carbocycles. The van der Waals surface area contributed by atoms with Crippen LogP contribution in [-0.2, 0) is 19.4 Å². The van der Waals surface area contributed by atoms with E-state index < -0.39 is 15.8 Å². The van der Waals surface area contributed by atoms with Gasteiger partial charge in [0.05, 0.1) is 11.5 Å². The van der Waals surface area contributed by atoms with Crippen molar-refractivity contribution in [2.75, 3.05) is 52.3 Å². The van der Waals surface area contributed by atoms with Crippen LogP contribution in [0.15, 0.2) is 83.8 Å². The number of carboxylic acid groups (broad SMARTS) is 1. The number of carbonyl (C=O) groups is 1. The molecule has 1 aliphatic heterocycles. The highest BCUT2D eigenvalue weighted by atomic mass is 35.5. The van der Waals surface area contributed by atoms with Crippen LogP contribution in [0.4, 0.5) is 0 Å². The number of phenols is 1. The van der Waals surface area contributed by atoms with E-state index in [1.165, 1.54) is 6.26 Å². The first-order valence-electron chi connectivity index (χ1n) is 15.2. The van der Waals surface area contributed by atoms with Gasteiger partial charge in [-0.2, -0.15) is 0 Å². The summed E-state index contributed by atoms with van der Waals surface area (Å²) in [5, 5.41) is 20.4. The van der Waals surface area contributed by atoms with Crippen molar-refractivity contribution in [3.8, 4) is 34.1 Å². The van der Waals surface area contributed by atoms with E-state index in [-0.39, 0.29) is 29.7 Å². The summed E-state index contributed by atoms with van der Waals surface area (Å²) in [6.07, 6.45) is 1.18. The predicted octanol–water partition coefficient (Wildman–Crippen LogP) is 5.70. The number of phenolic OH excluding ortho intramolecular Hbond substituents is 1. The SMILES string of the molecule is C[C@@H]1CN(CCOCC(=O)O)[C@@H](C)CN1CCOc1ccc(Oc2c(-c3ccc(S(C)(=O)=O)cc3)ccc3cc(O)ccc23)cc1.Cl. The Labute approximate surface area is 281 Å². The minimum Gasteiger partial charge on any atom is -0.508 e. The lowest BCUT2D eigenvalue weighted by molar-refractivity contribution is -0.142. The summed E-state index contributed by atoms with van der Waals surface area (Å²) in [6.45, 7) is 8.26. The number of ether oxygens (including phenoxy) is 3. The van der Waals surface area contributed by atoms with Gasteiger partial charge in [-0.05, 0) is 85.5 Å². The van der Waals surface area contributed by atoms with E-state index in [0.717, 1.165) is 47.3 Å². The summed E-state index contributed by atoms with van der Waals surface area (Å²) >= 11 is 0. The average Bonchev–Trinajstić information content (AvgIpc) is 3.01. The molecule has 4 aromatic rings. The summed E-state index contributed by atoms with van der Waals surface area (Å²) in [5.41, 5.74) is 1.59. The summed E-state index contributed by atoms with van der Waals surface area (Å²) in [5.74, 6) is 1.12. The first-order chi connectivity index (χ1) is 22.0. The van der Waals surface area contributed by atoms with Crippen LogP contribution in [-0.4, -0.2) is 98.7 Å². The number of hydrogen-bond acceptors (Lipinski definition) is 9. The molecule has 12 heteroatoms. The van der Waals surface area contributed by atoms with Crippen LogP contribution in [0.1, 0.15) is 13.8 Å². The molecule has 5 rings (SSSR count). The van der Waals surface area contributed by atoms with Crippen molar-refractivity contribution in [2.45, 2.75) is 30.8 Å². The third kappa shape index (κ3) is 9.36. The zero-order valence-corrected chi connectivity index (χ0v) is 28.3. The second-order valence-corrected chi connectivity index (χ2v) is 13.7. The van der Waals surface area contributed by atoms with Crippen molar-refractivity contribution in [2.24, 2.45) is 0 Å². The fraction of sp³-hybridized carbons (Fsp3) is 0.343. The smallest absolute Gasteiger partial charge is 0.329 e. The molecule has 0 aromatic heterocycles. The van der Waals surface area contributed by atoms with Crippen LogP contribution in [0, 0.1) is 0 Å². The maximum Gasteiger partial charge on any atom is 0.329 e. The molecule has 0 radical (unpaired) electrons. The second-order valence-electron chi connectivity index (χ2n) is 11.7. The Morgan fingerprint density at radius 3 is 2.09 bits per heavy atom. The van der Waals surface area contributed by atoms with Crippen molar-refractivity contribution in [3.05, 3.63) is 78.9 Å². The van der Waals surface area contributed by atoms with E-state index in [2.05, 4.69) is 23.6 Å². The Bertz CT molecular complexity index is 1770. The zero-order valence-electron chi connectivity index (χ0n) is 26.7.